The summed E-state index contributed by atoms with van der Waals surface area (Å²) >= 11 is 0. The second-order valence-electron chi connectivity index (χ2n) is 6.35. The van der Waals surface area contributed by atoms with Crippen molar-refractivity contribution in [3.05, 3.63) is 47.9 Å². The van der Waals surface area contributed by atoms with Crippen molar-refractivity contribution in [2.75, 3.05) is 34.8 Å². The Morgan fingerprint density at radius 1 is 1.31 bits per heavy atom. The number of benzene rings is 1. The molecule has 0 aliphatic carbocycles. The van der Waals surface area contributed by atoms with Crippen molar-refractivity contribution in [2.24, 2.45) is 0 Å². The van der Waals surface area contributed by atoms with Crippen LogP contribution in [0.4, 0.5) is 16.2 Å². The highest BCUT2D eigenvalue weighted by Gasteiger charge is 2.32. The summed E-state index contributed by atoms with van der Waals surface area (Å²) in [6.07, 6.45) is 2.80. The summed E-state index contributed by atoms with van der Waals surface area (Å²) in [4.78, 5) is 10.7. The summed E-state index contributed by atoms with van der Waals surface area (Å²) < 4.78 is 37.2. The molecule has 1 N–H and O–H groups in total. The Morgan fingerprint density at radius 3 is 2.81 bits per heavy atom. The molecule has 6 nitrogen and oxygen atoms in total. The van der Waals surface area contributed by atoms with E-state index in [1.54, 1.807) is 24.4 Å². The summed E-state index contributed by atoms with van der Waals surface area (Å²) in [5, 5.41) is 3.18. The van der Waals surface area contributed by atoms with Gasteiger partial charge in [0.1, 0.15) is 11.6 Å². The number of sulfone groups is 1. The zero-order chi connectivity index (χ0) is 18.6. The second kappa shape index (κ2) is 7.99. The van der Waals surface area contributed by atoms with Crippen LogP contribution in [0.3, 0.4) is 0 Å². The van der Waals surface area contributed by atoms with Crippen LogP contribution in [-0.2, 0) is 16.3 Å². The summed E-state index contributed by atoms with van der Waals surface area (Å²) in [6, 6.07) is 8.37. The van der Waals surface area contributed by atoms with E-state index in [2.05, 4.69) is 15.3 Å². The molecule has 0 spiro atoms. The molecular formula is C18H23FN4O2S. The quantitative estimate of drug-likeness (QED) is 0.797. The van der Waals surface area contributed by atoms with E-state index in [-0.39, 0.29) is 23.4 Å². The Hall–Kier alpha value is -2.22. The van der Waals surface area contributed by atoms with Crippen molar-refractivity contribution >= 4 is 21.6 Å². The molecule has 0 radical (unpaired) electrons. The lowest BCUT2D eigenvalue weighted by Crippen LogP contribution is -2.37. The van der Waals surface area contributed by atoms with Crippen LogP contribution in [0.1, 0.15) is 18.9 Å². The van der Waals surface area contributed by atoms with Crippen molar-refractivity contribution in [1.82, 2.24) is 9.97 Å². The average molecular weight is 378 g/mol. The van der Waals surface area contributed by atoms with Gasteiger partial charge in [-0.05, 0) is 37.5 Å². The molecule has 2 aromatic rings. The number of rotatable bonds is 7. The van der Waals surface area contributed by atoms with Gasteiger partial charge in [0.2, 0.25) is 5.95 Å². The lowest BCUT2D eigenvalue weighted by Gasteiger charge is -2.26. The molecule has 2 heterocycles. The van der Waals surface area contributed by atoms with E-state index in [0.29, 0.717) is 43.3 Å². The van der Waals surface area contributed by atoms with Crippen LogP contribution in [0, 0.1) is 5.82 Å². The van der Waals surface area contributed by atoms with Crippen LogP contribution in [0.15, 0.2) is 36.5 Å². The van der Waals surface area contributed by atoms with E-state index in [4.69, 9.17) is 0 Å². The summed E-state index contributed by atoms with van der Waals surface area (Å²) in [7, 11) is -2.97. The molecule has 8 heteroatoms. The molecule has 1 atom stereocenters. The number of halogens is 1. The molecule has 140 valence electrons. The maximum atomic E-state index is 13.7. The third-order valence-corrected chi connectivity index (χ3v) is 6.30. The first-order valence-electron chi connectivity index (χ1n) is 8.76. The Bertz CT molecular complexity index is 860. The highest BCUT2D eigenvalue weighted by molar-refractivity contribution is 7.91. The van der Waals surface area contributed by atoms with Crippen LogP contribution in [-0.4, -0.2) is 49.0 Å². The van der Waals surface area contributed by atoms with Crippen molar-refractivity contribution in [2.45, 2.75) is 25.8 Å². The highest BCUT2D eigenvalue weighted by atomic mass is 32.2. The second-order valence-corrected chi connectivity index (χ2v) is 8.58. The van der Waals surface area contributed by atoms with Gasteiger partial charge >= 0.3 is 0 Å². The fraction of sp³-hybridized carbons (Fsp3) is 0.444. The van der Waals surface area contributed by atoms with Gasteiger partial charge in [-0.3, -0.25) is 0 Å². The standard InChI is InChI=1S/C18H23FN4O2S/c1-2-23(15-9-12-26(24,25)13-15)18-21-11-8-17(22-18)20-10-7-14-5-3-4-6-16(14)19/h3-6,8,11,15H,2,7,9-10,12-13H2,1H3,(H,20,21,22). The average Bonchev–Trinajstić information content (AvgIpc) is 2.97. The minimum absolute atomic E-state index is 0.0846. The van der Waals surface area contributed by atoms with E-state index in [1.807, 2.05) is 17.9 Å². The van der Waals surface area contributed by atoms with Gasteiger partial charge in [0.15, 0.2) is 9.84 Å². The van der Waals surface area contributed by atoms with Crippen molar-refractivity contribution in [1.29, 1.82) is 0 Å². The number of hydrogen-bond donors (Lipinski definition) is 1. The predicted molar refractivity (Wildman–Crippen MR) is 101 cm³/mol. The Morgan fingerprint density at radius 2 is 2.12 bits per heavy atom. The Labute approximate surface area is 153 Å². The number of nitrogens with zero attached hydrogens (tertiary/aromatic N) is 3. The Kier molecular flexibility index (Phi) is 5.70. The maximum absolute atomic E-state index is 13.7. The van der Waals surface area contributed by atoms with Gasteiger partial charge < -0.3 is 10.2 Å². The van der Waals surface area contributed by atoms with Gasteiger partial charge in [-0.15, -0.1) is 0 Å². The van der Waals surface area contributed by atoms with Gasteiger partial charge in [0.05, 0.1) is 11.5 Å². The smallest absolute Gasteiger partial charge is 0.227 e. The monoisotopic (exact) mass is 378 g/mol. The van der Waals surface area contributed by atoms with Gasteiger partial charge in [-0.25, -0.2) is 17.8 Å². The zero-order valence-corrected chi connectivity index (χ0v) is 15.5. The van der Waals surface area contributed by atoms with Gasteiger partial charge in [0, 0.05) is 25.3 Å². The molecule has 3 rings (SSSR count). The zero-order valence-electron chi connectivity index (χ0n) is 14.7. The fourth-order valence-electron chi connectivity index (χ4n) is 3.20. The molecule has 1 fully saturated rings. The molecule has 1 aromatic carbocycles. The molecular weight excluding hydrogens is 355 g/mol. The highest BCUT2D eigenvalue weighted by Crippen LogP contribution is 2.22. The van der Waals surface area contributed by atoms with Crippen molar-refractivity contribution in [3.63, 3.8) is 0 Å². The van der Waals surface area contributed by atoms with E-state index in [9.17, 15) is 12.8 Å². The minimum atomic E-state index is -2.97. The first kappa shape index (κ1) is 18.6. The normalized spacial score (nSPS) is 18.6. The number of aromatic nitrogens is 2. The number of nitrogens with one attached hydrogen (secondary N) is 1. The lowest BCUT2D eigenvalue weighted by molar-refractivity contribution is 0.599. The molecule has 1 aromatic heterocycles. The van der Waals surface area contributed by atoms with E-state index < -0.39 is 9.84 Å². The first-order valence-corrected chi connectivity index (χ1v) is 10.6. The van der Waals surface area contributed by atoms with Crippen LogP contribution in [0.2, 0.25) is 0 Å². The van der Waals surface area contributed by atoms with Crippen LogP contribution >= 0.6 is 0 Å². The molecule has 1 aliphatic heterocycles. The number of anilines is 2. The molecule has 1 aliphatic rings. The summed E-state index contributed by atoms with van der Waals surface area (Å²) in [6.45, 7) is 3.15. The van der Waals surface area contributed by atoms with Crippen molar-refractivity contribution < 1.29 is 12.8 Å². The molecule has 1 saturated heterocycles. The van der Waals surface area contributed by atoms with Crippen LogP contribution < -0.4 is 10.2 Å². The largest absolute Gasteiger partial charge is 0.370 e. The van der Waals surface area contributed by atoms with Gasteiger partial charge in [-0.1, -0.05) is 18.2 Å². The van der Waals surface area contributed by atoms with Gasteiger partial charge in [0.25, 0.3) is 0 Å². The molecule has 0 saturated carbocycles. The first-order chi connectivity index (χ1) is 12.5. The fourth-order valence-corrected chi connectivity index (χ4v) is 4.93. The van der Waals surface area contributed by atoms with E-state index in [1.165, 1.54) is 6.07 Å². The van der Waals surface area contributed by atoms with Gasteiger partial charge in [-0.2, -0.15) is 4.98 Å². The van der Waals surface area contributed by atoms with Crippen molar-refractivity contribution in [3.8, 4) is 0 Å². The molecule has 0 amide bonds. The van der Waals surface area contributed by atoms with Crippen LogP contribution in [0.25, 0.3) is 0 Å². The third-order valence-electron chi connectivity index (χ3n) is 4.55. The summed E-state index contributed by atoms with van der Waals surface area (Å²) in [5.41, 5.74) is 0.653. The van der Waals surface area contributed by atoms with Crippen LogP contribution in [0.5, 0.6) is 0 Å². The van der Waals surface area contributed by atoms with E-state index in [0.717, 1.165) is 0 Å². The molecule has 26 heavy (non-hydrogen) atoms. The third kappa shape index (κ3) is 4.49. The topological polar surface area (TPSA) is 75.2 Å². The summed E-state index contributed by atoms with van der Waals surface area (Å²) in [5.74, 6) is 1.32. The Balaban J connectivity index is 1.64. The predicted octanol–water partition coefficient (Wildman–Crippen LogP) is 2.28. The SMILES string of the molecule is CCN(c1nccc(NCCc2ccccc2F)n1)C1CCS(=O)(=O)C1. The lowest BCUT2D eigenvalue weighted by atomic mass is 10.1. The molecule has 0 bridgehead atoms. The number of hydrogen-bond acceptors (Lipinski definition) is 6. The minimum Gasteiger partial charge on any atom is -0.370 e. The molecule has 1 unspecified atom stereocenters. The van der Waals surface area contributed by atoms with E-state index >= 15 is 0 Å². The maximum Gasteiger partial charge on any atom is 0.227 e.